The van der Waals surface area contributed by atoms with Crippen LogP contribution in [0.4, 0.5) is 5.88 Å². The molecule has 0 fully saturated rings. The second-order valence-electron chi connectivity index (χ2n) is 5.17. The fraction of sp³-hybridized carbons (Fsp3) is 0.400. The SMILES string of the molecule is C=CC(=O)N(CC(=O)NC(CC(C)C)C(=O)O)c1ccco1. The van der Waals surface area contributed by atoms with E-state index >= 15 is 0 Å². The number of carbonyl (C=O) groups is 3. The van der Waals surface area contributed by atoms with Crippen LogP contribution in [0.3, 0.4) is 0 Å². The van der Waals surface area contributed by atoms with E-state index in [9.17, 15) is 14.4 Å². The van der Waals surface area contributed by atoms with Gasteiger partial charge in [-0.1, -0.05) is 20.4 Å². The molecule has 0 aliphatic heterocycles. The van der Waals surface area contributed by atoms with Crippen LogP contribution < -0.4 is 10.2 Å². The predicted octanol–water partition coefficient (Wildman–Crippen LogP) is 1.41. The van der Waals surface area contributed by atoms with E-state index in [1.807, 2.05) is 13.8 Å². The molecule has 0 aliphatic rings. The lowest BCUT2D eigenvalue weighted by Gasteiger charge is -2.20. The van der Waals surface area contributed by atoms with Gasteiger partial charge >= 0.3 is 5.97 Å². The molecule has 0 aliphatic carbocycles. The van der Waals surface area contributed by atoms with E-state index in [0.717, 1.165) is 11.0 Å². The van der Waals surface area contributed by atoms with E-state index in [2.05, 4.69) is 11.9 Å². The molecule has 1 heterocycles. The van der Waals surface area contributed by atoms with Gasteiger partial charge < -0.3 is 14.8 Å². The standard InChI is InChI=1S/C15H20N2O5/c1-4-13(19)17(14-6-5-7-22-14)9-12(18)16-11(15(20)21)8-10(2)3/h4-7,10-11H,1,8-9H2,2-3H3,(H,16,18)(H,20,21). The highest BCUT2D eigenvalue weighted by molar-refractivity contribution is 6.04. The number of hydrogen-bond donors (Lipinski definition) is 2. The summed E-state index contributed by atoms with van der Waals surface area (Å²) in [7, 11) is 0. The third-order valence-corrected chi connectivity index (χ3v) is 2.85. The quantitative estimate of drug-likeness (QED) is 0.707. The van der Waals surface area contributed by atoms with Crippen LogP contribution in [0.25, 0.3) is 0 Å². The van der Waals surface area contributed by atoms with E-state index in [0.29, 0.717) is 6.42 Å². The number of rotatable bonds is 8. The van der Waals surface area contributed by atoms with Crippen molar-refractivity contribution in [1.82, 2.24) is 5.32 Å². The number of hydrogen-bond acceptors (Lipinski definition) is 4. The molecule has 7 heteroatoms. The summed E-state index contributed by atoms with van der Waals surface area (Å²) in [4.78, 5) is 36.0. The first-order valence-corrected chi connectivity index (χ1v) is 6.84. The van der Waals surface area contributed by atoms with Crippen LogP contribution in [0.1, 0.15) is 20.3 Å². The molecule has 0 saturated carbocycles. The average Bonchev–Trinajstić information content (AvgIpc) is 2.96. The Morgan fingerprint density at radius 3 is 2.59 bits per heavy atom. The minimum atomic E-state index is -1.11. The van der Waals surface area contributed by atoms with E-state index in [-0.39, 0.29) is 18.3 Å². The zero-order valence-corrected chi connectivity index (χ0v) is 12.6. The van der Waals surface area contributed by atoms with Crippen molar-refractivity contribution in [2.45, 2.75) is 26.3 Å². The molecular weight excluding hydrogens is 288 g/mol. The average molecular weight is 308 g/mol. The Morgan fingerprint density at radius 2 is 2.14 bits per heavy atom. The molecule has 120 valence electrons. The number of carboxylic acids is 1. The number of carbonyl (C=O) groups excluding carboxylic acids is 2. The van der Waals surface area contributed by atoms with Crippen molar-refractivity contribution in [3.8, 4) is 0 Å². The summed E-state index contributed by atoms with van der Waals surface area (Å²) in [6, 6.07) is 2.11. The molecule has 2 amide bonds. The lowest BCUT2D eigenvalue weighted by atomic mass is 10.0. The van der Waals surface area contributed by atoms with Gasteiger partial charge in [0.1, 0.15) is 12.6 Å². The Kier molecular flexibility index (Phi) is 6.37. The highest BCUT2D eigenvalue weighted by atomic mass is 16.4. The summed E-state index contributed by atoms with van der Waals surface area (Å²) >= 11 is 0. The molecule has 1 aromatic heterocycles. The number of amides is 2. The van der Waals surface area contributed by atoms with Crippen LogP contribution in [0.15, 0.2) is 35.5 Å². The third-order valence-electron chi connectivity index (χ3n) is 2.85. The van der Waals surface area contributed by atoms with E-state index in [1.165, 1.54) is 12.3 Å². The minimum Gasteiger partial charge on any atom is -0.480 e. The summed E-state index contributed by atoms with van der Waals surface area (Å²) in [5.41, 5.74) is 0. The topological polar surface area (TPSA) is 99.9 Å². The first kappa shape index (κ1) is 17.5. The molecule has 0 aromatic carbocycles. The van der Waals surface area contributed by atoms with Crippen LogP contribution >= 0.6 is 0 Å². The Hall–Kier alpha value is -2.57. The first-order valence-electron chi connectivity index (χ1n) is 6.84. The number of nitrogens with zero attached hydrogens (tertiary/aromatic N) is 1. The molecule has 0 spiro atoms. The monoisotopic (exact) mass is 308 g/mol. The maximum absolute atomic E-state index is 12.0. The van der Waals surface area contributed by atoms with Crippen molar-refractivity contribution >= 4 is 23.7 Å². The molecule has 0 bridgehead atoms. The number of nitrogens with one attached hydrogen (secondary N) is 1. The molecule has 1 atom stereocenters. The minimum absolute atomic E-state index is 0.109. The number of anilines is 1. The maximum atomic E-state index is 12.0. The molecule has 1 unspecified atom stereocenters. The normalized spacial score (nSPS) is 11.8. The van der Waals surface area contributed by atoms with Gasteiger partial charge in [0, 0.05) is 6.07 Å². The third kappa shape index (κ3) is 5.08. The van der Waals surface area contributed by atoms with Gasteiger partial charge in [0.05, 0.1) is 6.26 Å². The van der Waals surface area contributed by atoms with Crippen molar-refractivity contribution in [3.05, 3.63) is 31.1 Å². The number of furan rings is 1. The van der Waals surface area contributed by atoms with Crippen molar-refractivity contribution in [2.75, 3.05) is 11.4 Å². The summed E-state index contributed by atoms with van der Waals surface area (Å²) in [5.74, 6) is -1.91. The molecule has 7 nitrogen and oxygen atoms in total. The van der Waals surface area contributed by atoms with Crippen LogP contribution in [0, 0.1) is 5.92 Å². The van der Waals surface area contributed by atoms with Gasteiger partial charge in [-0.15, -0.1) is 0 Å². The van der Waals surface area contributed by atoms with Crippen LogP contribution in [0.2, 0.25) is 0 Å². The Labute approximate surface area is 128 Å². The molecule has 2 N–H and O–H groups in total. The van der Waals surface area contributed by atoms with Gasteiger partial charge in [-0.05, 0) is 24.5 Å². The fourth-order valence-corrected chi connectivity index (χ4v) is 1.87. The number of aliphatic carboxylic acids is 1. The van der Waals surface area contributed by atoms with Crippen molar-refractivity contribution < 1.29 is 23.9 Å². The summed E-state index contributed by atoms with van der Waals surface area (Å²) < 4.78 is 5.10. The van der Waals surface area contributed by atoms with Crippen LogP contribution in [0.5, 0.6) is 0 Å². The summed E-state index contributed by atoms with van der Waals surface area (Å²) in [6.45, 7) is 6.74. The number of carboxylic acid groups (broad SMARTS) is 1. The zero-order valence-electron chi connectivity index (χ0n) is 12.6. The Bertz CT molecular complexity index is 536. The van der Waals surface area contributed by atoms with Gasteiger partial charge in [0.25, 0.3) is 5.91 Å². The highest BCUT2D eigenvalue weighted by Crippen LogP contribution is 2.15. The molecular formula is C15H20N2O5. The lowest BCUT2D eigenvalue weighted by Crippen LogP contribution is -2.47. The van der Waals surface area contributed by atoms with Gasteiger partial charge in [-0.2, -0.15) is 0 Å². The van der Waals surface area contributed by atoms with E-state index < -0.39 is 23.8 Å². The molecule has 1 aromatic rings. The highest BCUT2D eigenvalue weighted by Gasteiger charge is 2.24. The van der Waals surface area contributed by atoms with Gasteiger partial charge in [-0.3, -0.25) is 14.5 Å². The maximum Gasteiger partial charge on any atom is 0.326 e. The zero-order chi connectivity index (χ0) is 16.7. The molecule has 0 radical (unpaired) electrons. The Morgan fingerprint density at radius 1 is 1.45 bits per heavy atom. The van der Waals surface area contributed by atoms with Gasteiger partial charge in [0.15, 0.2) is 0 Å². The second kappa shape index (κ2) is 8.02. The van der Waals surface area contributed by atoms with Gasteiger partial charge in [0.2, 0.25) is 11.8 Å². The predicted molar refractivity (Wildman–Crippen MR) is 80.3 cm³/mol. The van der Waals surface area contributed by atoms with Crippen molar-refractivity contribution in [1.29, 1.82) is 0 Å². The molecule has 0 saturated heterocycles. The Balaban J connectivity index is 2.76. The molecule has 22 heavy (non-hydrogen) atoms. The largest absolute Gasteiger partial charge is 0.480 e. The fourth-order valence-electron chi connectivity index (χ4n) is 1.87. The summed E-state index contributed by atoms with van der Waals surface area (Å²) in [5, 5.41) is 11.5. The van der Waals surface area contributed by atoms with Crippen LogP contribution in [-0.4, -0.2) is 35.5 Å². The lowest BCUT2D eigenvalue weighted by molar-refractivity contribution is -0.142. The second-order valence-corrected chi connectivity index (χ2v) is 5.17. The van der Waals surface area contributed by atoms with E-state index in [1.54, 1.807) is 6.07 Å². The van der Waals surface area contributed by atoms with Crippen LogP contribution in [-0.2, 0) is 14.4 Å². The van der Waals surface area contributed by atoms with Crippen molar-refractivity contribution in [2.24, 2.45) is 5.92 Å². The van der Waals surface area contributed by atoms with Crippen molar-refractivity contribution in [3.63, 3.8) is 0 Å². The van der Waals surface area contributed by atoms with E-state index in [4.69, 9.17) is 9.52 Å². The smallest absolute Gasteiger partial charge is 0.326 e. The molecule has 1 rings (SSSR count). The first-order chi connectivity index (χ1) is 10.3. The van der Waals surface area contributed by atoms with Gasteiger partial charge in [-0.25, -0.2) is 4.79 Å². The summed E-state index contributed by atoms with van der Waals surface area (Å²) in [6.07, 6.45) is 2.73.